The van der Waals surface area contributed by atoms with Crippen LogP contribution in [0.1, 0.15) is 18.4 Å². The fraction of sp³-hybridized carbons (Fsp3) is 0.533. The van der Waals surface area contributed by atoms with Gasteiger partial charge >= 0.3 is 12.1 Å². The van der Waals surface area contributed by atoms with Gasteiger partial charge in [-0.2, -0.15) is 13.2 Å². The summed E-state index contributed by atoms with van der Waals surface area (Å²) in [6.45, 7) is -0.210. The standard InChI is InChI=1S/C15H18F3NO2/c16-15(17,18)14(8-9-19-11-14)13(20)21-10-4-7-12-5-2-1-3-6-12/h1-3,5-6,19H,4,7-11H2. The number of nitrogens with one attached hydrogen (secondary N) is 1. The van der Waals surface area contributed by atoms with E-state index in [-0.39, 0.29) is 19.6 Å². The number of aryl methyl sites for hydroxylation is 1. The van der Waals surface area contributed by atoms with Gasteiger partial charge in [0.2, 0.25) is 0 Å². The molecule has 3 nitrogen and oxygen atoms in total. The molecule has 0 radical (unpaired) electrons. The van der Waals surface area contributed by atoms with Crippen LogP contribution < -0.4 is 5.32 Å². The van der Waals surface area contributed by atoms with E-state index in [1.165, 1.54) is 0 Å². The number of benzene rings is 1. The Hall–Kier alpha value is -1.56. The Balaban J connectivity index is 1.83. The maximum Gasteiger partial charge on any atom is 0.406 e. The van der Waals surface area contributed by atoms with Crippen molar-refractivity contribution in [3.63, 3.8) is 0 Å². The molecule has 1 aliphatic heterocycles. The van der Waals surface area contributed by atoms with Gasteiger partial charge < -0.3 is 10.1 Å². The molecule has 0 bridgehead atoms. The molecular formula is C15H18F3NO2. The summed E-state index contributed by atoms with van der Waals surface area (Å²) in [6, 6.07) is 9.54. The van der Waals surface area contributed by atoms with E-state index in [9.17, 15) is 18.0 Å². The molecule has 1 aromatic rings. The van der Waals surface area contributed by atoms with E-state index in [1.807, 2.05) is 30.3 Å². The van der Waals surface area contributed by atoms with Gasteiger partial charge in [-0.1, -0.05) is 30.3 Å². The monoisotopic (exact) mass is 301 g/mol. The Bertz CT molecular complexity index is 468. The summed E-state index contributed by atoms with van der Waals surface area (Å²) in [5.74, 6) is -1.16. The van der Waals surface area contributed by atoms with Gasteiger partial charge in [0, 0.05) is 6.54 Å². The zero-order valence-corrected chi connectivity index (χ0v) is 11.6. The predicted octanol–water partition coefficient (Wildman–Crippen LogP) is 2.70. The third-order valence-corrected chi connectivity index (χ3v) is 3.77. The largest absolute Gasteiger partial charge is 0.465 e. The number of halogens is 3. The van der Waals surface area contributed by atoms with Gasteiger partial charge in [0.25, 0.3) is 0 Å². The maximum atomic E-state index is 13.1. The number of alkyl halides is 3. The van der Waals surface area contributed by atoms with E-state index in [0.29, 0.717) is 12.8 Å². The molecule has 116 valence electrons. The number of carbonyl (C=O) groups is 1. The second kappa shape index (κ2) is 6.47. The highest BCUT2D eigenvalue weighted by atomic mass is 19.4. The van der Waals surface area contributed by atoms with Gasteiger partial charge in [-0.25, -0.2) is 0 Å². The summed E-state index contributed by atoms with van der Waals surface area (Å²) in [5.41, 5.74) is -1.30. The zero-order chi connectivity index (χ0) is 15.3. The lowest BCUT2D eigenvalue weighted by Gasteiger charge is -2.28. The molecule has 1 N–H and O–H groups in total. The lowest BCUT2D eigenvalue weighted by Crippen LogP contribution is -2.47. The van der Waals surface area contributed by atoms with Crippen molar-refractivity contribution in [3.05, 3.63) is 35.9 Å². The highest BCUT2D eigenvalue weighted by Crippen LogP contribution is 2.43. The van der Waals surface area contributed by atoms with E-state index in [2.05, 4.69) is 5.32 Å². The first kappa shape index (κ1) is 15.8. The SMILES string of the molecule is O=C(OCCCc1ccccc1)C1(C(F)(F)F)CCNC1. The zero-order valence-electron chi connectivity index (χ0n) is 11.6. The minimum Gasteiger partial charge on any atom is -0.465 e. The van der Waals surface area contributed by atoms with Crippen LogP contribution in [0, 0.1) is 5.41 Å². The van der Waals surface area contributed by atoms with E-state index in [0.717, 1.165) is 5.56 Å². The average Bonchev–Trinajstić information content (AvgIpc) is 2.95. The highest BCUT2D eigenvalue weighted by Gasteiger charge is 2.62. The number of carbonyl (C=O) groups excluding carboxylic acids is 1. The van der Waals surface area contributed by atoms with Crippen LogP contribution in [0.25, 0.3) is 0 Å². The normalized spacial score (nSPS) is 22.2. The average molecular weight is 301 g/mol. The van der Waals surface area contributed by atoms with Crippen LogP contribution in [0.5, 0.6) is 0 Å². The molecular weight excluding hydrogens is 283 g/mol. The van der Waals surface area contributed by atoms with Gasteiger partial charge in [-0.15, -0.1) is 0 Å². The van der Waals surface area contributed by atoms with Crippen LogP contribution in [0.15, 0.2) is 30.3 Å². The van der Waals surface area contributed by atoms with Crippen molar-refractivity contribution in [3.8, 4) is 0 Å². The topological polar surface area (TPSA) is 38.3 Å². The molecule has 1 saturated heterocycles. The molecule has 1 heterocycles. The smallest absolute Gasteiger partial charge is 0.406 e. The number of rotatable bonds is 5. The molecule has 0 aliphatic carbocycles. The van der Waals surface area contributed by atoms with Crippen LogP contribution in [0.4, 0.5) is 13.2 Å². The highest BCUT2D eigenvalue weighted by molar-refractivity contribution is 5.78. The fourth-order valence-corrected chi connectivity index (χ4v) is 2.45. The third-order valence-electron chi connectivity index (χ3n) is 3.77. The Morgan fingerprint density at radius 2 is 2.00 bits per heavy atom. The van der Waals surface area contributed by atoms with Gasteiger partial charge in [0.1, 0.15) is 0 Å². The first-order valence-electron chi connectivity index (χ1n) is 6.94. The Morgan fingerprint density at radius 1 is 1.29 bits per heavy atom. The fourth-order valence-electron chi connectivity index (χ4n) is 2.45. The number of ether oxygens (including phenoxy) is 1. The number of esters is 1. The minimum atomic E-state index is -4.58. The first-order chi connectivity index (χ1) is 9.96. The molecule has 0 spiro atoms. The summed E-state index contributed by atoms with van der Waals surface area (Å²) < 4.78 is 44.2. The van der Waals surface area contributed by atoms with Crippen molar-refractivity contribution in [1.82, 2.24) is 5.32 Å². The Kier molecular flexibility index (Phi) is 4.88. The molecule has 21 heavy (non-hydrogen) atoms. The molecule has 0 aromatic heterocycles. The van der Waals surface area contributed by atoms with Gasteiger partial charge in [-0.05, 0) is 31.4 Å². The second-order valence-electron chi connectivity index (χ2n) is 5.23. The molecule has 0 amide bonds. The quantitative estimate of drug-likeness (QED) is 0.671. The van der Waals surface area contributed by atoms with Crippen LogP contribution in [0.2, 0.25) is 0 Å². The number of hydrogen-bond donors (Lipinski definition) is 1. The first-order valence-corrected chi connectivity index (χ1v) is 6.94. The summed E-state index contributed by atoms with van der Waals surface area (Å²) in [4.78, 5) is 11.8. The summed E-state index contributed by atoms with van der Waals surface area (Å²) in [6.07, 6.45) is -3.65. The van der Waals surface area contributed by atoms with Crippen molar-refractivity contribution in [1.29, 1.82) is 0 Å². The van der Waals surface area contributed by atoms with Gasteiger partial charge in [0.15, 0.2) is 5.41 Å². The summed E-state index contributed by atoms with van der Waals surface area (Å²) in [5, 5.41) is 2.60. The lowest BCUT2D eigenvalue weighted by atomic mass is 9.86. The van der Waals surface area contributed by atoms with E-state index < -0.39 is 24.1 Å². The molecule has 1 aliphatic rings. The molecule has 6 heteroatoms. The predicted molar refractivity (Wildman–Crippen MR) is 71.7 cm³/mol. The second-order valence-corrected chi connectivity index (χ2v) is 5.23. The van der Waals surface area contributed by atoms with E-state index in [4.69, 9.17) is 4.74 Å². The molecule has 1 aromatic carbocycles. The van der Waals surface area contributed by atoms with E-state index >= 15 is 0 Å². The van der Waals surface area contributed by atoms with Crippen LogP contribution in [0.3, 0.4) is 0 Å². The van der Waals surface area contributed by atoms with Crippen molar-refractivity contribution < 1.29 is 22.7 Å². The molecule has 0 saturated carbocycles. The summed E-state index contributed by atoms with van der Waals surface area (Å²) >= 11 is 0. The molecule has 1 atom stereocenters. The van der Waals surface area contributed by atoms with Crippen molar-refractivity contribution >= 4 is 5.97 Å². The van der Waals surface area contributed by atoms with Crippen molar-refractivity contribution in [2.45, 2.75) is 25.4 Å². The Labute approximate surface area is 121 Å². The van der Waals surface area contributed by atoms with Crippen LogP contribution in [-0.4, -0.2) is 31.8 Å². The maximum absolute atomic E-state index is 13.1. The minimum absolute atomic E-state index is 0.00551. The number of hydrogen-bond acceptors (Lipinski definition) is 3. The van der Waals surface area contributed by atoms with Gasteiger partial charge in [0.05, 0.1) is 6.61 Å². The summed E-state index contributed by atoms with van der Waals surface area (Å²) in [7, 11) is 0. The molecule has 1 unspecified atom stereocenters. The van der Waals surface area contributed by atoms with Crippen molar-refractivity contribution in [2.24, 2.45) is 5.41 Å². The van der Waals surface area contributed by atoms with E-state index in [1.54, 1.807) is 0 Å². The van der Waals surface area contributed by atoms with Crippen LogP contribution >= 0.6 is 0 Å². The molecule has 1 fully saturated rings. The third kappa shape index (κ3) is 3.56. The van der Waals surface area contributed by atoms with Gasteiger partial charge in [-0.3, -0.25) is 4.79 Å². The van der Waals surface area contributed by atoms with Crippen LogP contribution in [-0.2, 0) is 16.0 Å². The molecule has 2 rings (SSSR count). The Morgan fingerprint density at radius 3 is 2.57 bits per heavy atom. The van der Waals surface area contributed by atoms with Crippen molar-refractivity contribution in [2.75, 3.05) is 19.7 Å². The lowest BCUT2D eigenvalue weighted by molar-refractivity contribution is -0.229.